The molecule has 0 unspecified atom stereocenters. The number of halogens is 1. The third kappa shape index (κ3) is 3.07. The summed E-state index contributed by atoms with van der Waals surface area (Å²) in [7, 11) is 0. The van der Waals surface area contributed by atoms with Crippen LogP contribution in [0.3, 0.4) is 0 Å². The van der Waals surface area contributed by atoms with Crippen LogP contribution in [-0.2, 0) is 0 Å². The number of carbonyl (C=O) groups excluding carboxylic acids is 1. The summed E-state index contributed by atoms with van der Waals surface area (Å²) in [4.78, 5) is 11.2. The number of ketones is 1. The highest BCUT2D eigenvalue weighted by atomic mass is 35.5. The third-order valence-electron chi connectivity index (χ3n) is 2.12. The first kappa shape index (κ1) is 11.7. The van der Waals surface area contributed by atoms with Crippen LogP contribution in [0.2, 0.25) is 0 Å². The largest absolute Gasteiger partial charge is 0.295 e. The van der Waals surface area contributed by atoms with Crippen LogP contribution in [0, 0.1) is 0 Å². The highest BCUT2D eigenvalue weighted by Gasteiger charge is 1.97. The van der Waals surface area contributed by atoms with Crippen LogP contribution in [0.15, 0.2) is 29.8 Å². The van der Waals surface area contributed by atoms with Crippen LogP contribution in [0.4, 0.5) is 0 Å². The summed E-state index contributed by atoms with van der Waals surface area (Å²) in [6.45, 7) is 7.10. The molecule has 0 aromatic heterocycles. The minimum Gasteiger partial charge on any atom is -0.295 e. The van der Waals surface area contributed by atoms with Crippen LogP contribution < -0.4 is 10.4 Å². The number of hydrogen-bond acceptors (Lipinski definition) is 1. The number of allylic oxidation sites excluding steroid dienone is 1. The number of rotatable bonds is 2. The van der Waals surface area contributed by atoms with E-state index in [0.717, 1.165) is 10.4 Å². The maximum absolute atomic E-state index is 11.2. The van der Waals surface area contributed by atoms with Gasteiger partial charge in [-0.25, -0.2) is 0 Å². The van der Waals surface area contributed by atoms with Crippen LogP contribution in [-0.4, -0.2) is 5.78 Å². The van der Waals surface area contributed by atoms with E-state index in [0.29, 0.717) is 10.6 Å². The van der Waals surface area contributed by atoms with E-state index < -0.39 is 0 Å². The van der Waals surface area contributed by atoms with Crippen LogP contribution >= 0.6 is 11.6 Å². The summed E-state index contributed by atoms with van der Waals surface area (Å²) in [6, 6.07) is 5.54. The highest BCUT2D eigenvalue weighted by Crippen LogP contribution is 1.98. The van der Waals surface area contributed by atoms with Gasteiger partial charge in [0.25, 0.3) is 0 Å². The molecule has 0 atom stereocenters. The van der Waals surface area contributed by atoms with E-state index in [1.807, 2.05) is 31.2 Å². The van der Waals surface area contributed by atoms with Crippen molar-refractivity contribution in [3.63, 3.8) is 0 Å². The monoisotopic (exact) mass is 220 g/mol. The predicted molar refractivity (Wildman–Crippen MR) is 65.3 cm³/mol. The summed E-state index contributed by atoms with van der Waals surface area (Å²) in [6.07, 6.45) is 3.72. The van der Waals surface area contributed by atoms with Gasteiger partial charge in [0.15, 0.2) is 5.78 Å². The molecule has 0 aliphatic carbocycles. The van der Waals surface area contributed by atoms with E-state index in [2.05, 4.69) is 6.58 Å². The maximum Gasteiger partial charge on any atom is 0.159 e. The number of benzene rings is 1. The lowest BCUT2D eigenvalue weighted by Crippen LogP contribution is -2.25. The molecule has 0 bridgehead atoms. The second kappa shape index (κ2) is 4.94. The zero-order chi connectivity index (χ0) is 11.4. The number of Topliss-reactive ketones (excluding diaryl/α,β-unsaturated/α-hetero) is 1. The lowest BCUT2D eigenvalue weighted by atomic mass is 10.1. The molecule has 0 saturated carbocycles. The van der Waals surface area contributed by atoms with Crippen LogP contribution in [0.25, 0.3) is 12.2 Å². The van der Waals surface area contributed by atoms with E-state index >= 15 is 0 Å². The molecular weight excluding hydrogens is 208 g/mol. The van der Waals surface area contributed by atoms with Gasteiger partial charge in [0.1, 0.15) is 0 Å². The molecule has 78 valence electrons. The molecule has 1 aromatic rings. The molecule has 0 aliphatic heterocycles. The topological polar surface area (TPSA) is 17.1 Å². The first-order chi connectivity index (χ1) is 7.04. The van der Waals surface area contributed by atoms with Gasteiger partial charge in [-0.05, 0) is 36.4 Å². The van der Waals surface area contributed by atoms with Gasteiger partial charge in [0.2, 0.25) is 0 Å². The summed E-state index contributed by atoms with van der Waals surface area (Å²) >= 11 is 5.72. The van der Waals surface area contributed by atoms with Gasteiger partial charge in [-0.3, -0.25) is 4.79 Å². The quantitative estimate of drug-likeness (QED) is 0.699. The molecule has 15 heavy (non-hydrogen) atoms. The smallest absolute Gasteiger partial charge is 0.159 e. The number of carbonyl (C=O) groups is 1. The van der Waals surface area contributed by atoms with Crippen molar-refractivity contribution >= 4 is 29.5 Å². The van der Waals surface area contributed by atoms with Crippen molar-refractivity contribution in [2.24, 2.45) is 0 Å². The van der Waals surface area contributed by atoms with Crippen molar-refractivity contribution < 1.29 is 4.79 Å². The summed E-state index contributed by atoms with van der Waals surface area (Å²) in [5, 5.41) is 2.42. The van der Waals surface area contributed by atoms with Crippen molar-refractivity contribution in [1.82, 2.24) is 0 Å². The standard InChI is InChI=1S/C13H13ClO/c1-4-11-5-6-12(10(3)15)8-13(11)7-9(2)14/h4-8H,2H2,1,3H3/b11-4-,13-7-. The lowest BCUT2D eigenvalue weighted by Gasteiger charge is -1.96. The first-order valence-corrected chi connectivity index (χ1v) is 5.06. The second-order valence-corrected chi connectivity index (χ2v) is 3.77. The molecule has 0 aliphatic rings. The zero-order valence-corrected chi connectivity index (χ0v) is 9.64. The third-order valence-corrected chi connectivity index (χ3v) is 2.23. The summed E-state index contributed by atoms with van der Waals surface area (Å²) in [5.41, 5.74) is 0.685. The average molecular weight is 221 g/mol. The van der Waals surface area contributed by atoms with Gasteiger partial charge in [-0.2, -0.15) is 0 Å². The molecule has 1 rings (SSSR count). The number of hydrogen-bond donors (Lipinski definition) is 0. The lowest BCUT2D eigenvalue weighted by molar-refractivity contribution is 0.101. The van der Waals surface area contributed by atoms with E-state index in [1.165, 1.54) is 0 Å². The van der Waals surface area contributed by atoms with Gasteiger partial charge >= 0.3 is 0 Å². The van der Waals surface area contributed by atoms with Gasteiger partial charge in [-0.15, -0.1) is 0 Å². The summed E-state index contributed by atoms with van der Waals surface area (Å²) < 4.78 is 0. The Labute approximate surface area is 94.4 Å². The van der Waals surface area contributed by atoms with Crippen molar-refractivity contribution in [3.8, 4) is 0 Å². The minimum absolute atomic E-state index is 0.0486. The molecule has 0 N–H and O–H groups in total. The van der Waals surface area contributed by atoms with E-state index in [4.69, 9.17) is 11.6 Å². The Balaban J connectivity index is 3.53. The Morgan fingerprint density at radius 3 is 2.53 bits per heavy atom. The molecule has 0 amide bonds. The van der Waals surface area contributed by atoms with Crippen LogP contribution in [0.1, 0.15) is 24.2 Å². The molecule has 0 heterocycles. The first-order valence-electron chi connectivity index (χ1n) is 4.68. The fourth-order valence-corrected chi connectivity index (χ4v) is 1.47. The van der Waals surface area contributed by atoms with Crippen LogP contribution in [0.5, 0.6) is 0 Å². The Bertz CT molecular complexity index is 512. The fourth-order valence-electron chi connectivity index (χ4n) is 1.35. The molecule has 1 aromatic carbocycles. The Morgan fingerprint density at radius 2 is 2.07 bits per heavy atom. The normalized spacial score (nSPS) is 13.0. The minimum atomic E-state index is 0.0486. The average Bonchev–Trinajstić information content (AvgIpc) is 2.16. The fraction of sp³-hybridized carbons (Fsp3) is 0.154. The maximum atomic E-state index is 11.2. The van der Waals surface area contributed by atoms with Crippen molar-refractivity contribution in [2.45, 2.75) is 13.8 Å². The van der Waals surface area contributed by atoms with Gasteiger partial charge in [0, 0.05) is 10.6 Å². The Hall–Kier alpha value is -1.34. The van der Waals surface area contributed by atoms with Crippen molar-refractivity contribution in [1.29, 1.82) is 0 Å². The van der Waals surface area contributed by atoms with Crippen molar-refractivity contribution in [2.75, 3.05) is 0 Å². The Kier molecular flexibility index (Phi) is 3.87. The van der Waals surface area contributed by atoms with E-state index in [9.17, 15) is 4.79 Å². The molecular formula is C13H13ClO. The van der Waals surface area contributed by atoms with Gasteiger partial charge < -0.3 is 0 Å². The highest BCUT2D eigenvalue weighted by molar-refractivity contribution is 6.33. The van der Waals surface area contributed by atoms with Gasteiger partial charge in [0.05, 0.1) is 0 Å². The summed E-state index contributed by atoms with van der Waals surface area (Å²) in [5.74, 6) is 0.0486. The SMILES string of the molecule is C=C(Cl)/C=c1/cc(C(C)=O)cc/c1=C/C. The molecule has 0 spiro atoms. The molecule has 2 heteroatoms. The zero-order valence-electron chi connectivity index (χ0n) is 8.88. The van der Waals surface area contributed by atoms with Crippen molar-refractivity contribution in [3.05, 3.63) is 45.8 Å². The Morgan fingerprint density at radius 1 is 1.40 bits per heavy atom. The molecule has 0 fully saturated rings. The van der Waals surface area contributed by atoms with Gasteiger partial charge in [-0.1, -0.05) is 36.4 Å². The predicted octanol–water partition coefficient (Wildman–Crippen LogP) is 2.22. The van der Waals surface area contributed by atoms with E-state index in [-0.39, 0.29) is 5.78 Å². The molecule has 0 saturated heterocycles. The second-order valence-electron chi connectivity index (χ2n) is 3.28. The molecule has 0 radical (unpaired) electrons. The molecule has 1 nitrogen and oxygen atoms in total. The van der Waals surface area contributed by atoms with E-state index in [1.54, 1.807) is 13.0 Å².